The van der Waals surface area contributed by atoms with Crippen LogP contribution in [0.15, 0.2) is 35.1 Å². The van der Waals surface area contributed by atoms with Gasteiger partial charge in [0.1, 0.15) is 11.2 Å². The molecule has 39 heavy (non-hydrogen) atoms. The largest absolute Gasteiger partial charge is 0.308 e. The number of aromatic amines is 1. The fraction of sp³-hybridized carbons (Fsp3) is 0.621. The molecule has 2 aromatic heterocycles. The number of aromatic nitrogens is 4. The van der Waals surface area contributed by atoms with Gasteiger partial charge in [-0.15, -0.1) is 0 Å². The van der Waals surface area contributed by atoms with Crippen molar-refractivity contribution in [3.63, 3.8) is 0 Å². The van der Waals surface area contributed by atoms with Gasteiger partial charge in [-0.1, -0.05) is 83.2 Å². The number of benzene rings is 1. The highest BCUT2D eigenvalue weighted by Crippen LogP contribution is 2.33. The quantitative estimate of drug-likeness (QED) is 0.307. The van der Waals surface area contributed by atoms with E-state index in [-0.39, 0.29) is 17.4 Å². The summed E-state index contributed by atoms with van der Waals surface area (Å²) >= 11 is 0. The zero-order valence-corrected chi connectivity index (χ0v) is 24.7. The number of nitrogens with one attached hydrogen (secondary N) is 1. The van der Waals surface area contributed by atoms with Crippen molar-refractivity contribution in [3.8, 4) is 0 Å². The molecule has 3 aromatic rings. The van der Waals surface area contributed by atoms with Crippen LogP contribution in [0.5, 0.6) is 0 Å². The van der Waals surface area contributed by atoms with E-state index in [4.69, 9.17) is 10.1 Å². The Kier molecular flexibility index (Phi) is 9.96. The third-order valence-corrected chi connectivity index (χ3v) is 9.99. The van der Waals surface area contributed by atoms with Gasteiger partial charge >= 0.3 is 0 Å². The van der Waals surface area contributed by atoms with Crippen LogP contribution in [0.25, 0.3) is 11.0 Å². The van der Waals surface area contributed by atoms with Crippen molar-refractivity contribution >= 4 is 21.1 Å². The molecule has 0 aliphatic carbocycles. The van der Waals surface area contributed by atoms with Gasteiger partial charge in [-0.25, -0.2) is 18.1 Å². The van der Waals surface area contributed by atoms with Crippen LogP contribution in [0.3, 0.4) is 0 Å². The number of rotatable bonds is 13. The van der Waals surface area contributed by atoms with Gasteiger partial charge in [0.25, 0.3) is 5.56 Å². The van der Waals surface area contributed by atoms with Gasteiger partial charge in [0.05, 0.1) is 11.7 Å². The fourth-order valence-electron chi connectivity index (χ4n) is 5.58. The summed E-state index contributed by atoms with van der Waals surface area (Å²) in [7, 11) is -1.86. The maximum absolute atomic E-state index is 14.1. The van der Waals surface area contributed by atoms with Gasteiger partial charge in [-0.05, 0) is 31.9 Å². The van der Waals surface area contributed by atoms with E-state index in [9.17, 15) is 13.2 Å². The molecule has 1 N–H and O–H groups in total. The highest BCUT2D eigenvalue weighted by molar-refractivity contribution is 7.89. The molecule has 0 amide bonds. The Balaban J connectivity index is 1.85. The Morgan fingerprint density at radius 3 is 2.31 bits per heavy atom. The average molecular weight is 557 g/mol. The lowest BCUT2D eigenvalue weighted by atomic mass is 10.0. The summed E-state index contributed by atoms with van der Waals surface area (Å²) in [6.45, 7) is 8.48. The SMILES string of the molecule is CCCCCCC(CCC)n1nc(CC)c2c(=O)[nH]c(C(c3ccccc3)S(=O)(=O)N3CCN(C)CC3)nc21. The first-order valence-electron chi connectivity index (χ1n) is 14.5. The van der Waals surface area contributed by atoms with E-state index in [1.807, 2.05) is 36.9 Å². The molecule has 214 valence electrons. The minimum Gasteiger partial charge on any atom is -0.308 e. The fourth-order valence-corrected chi connectivity index (χ4v) is 7.44. The lowest BCUT2D eigenvalue weighted by Crippen LogP contribution is -2.48. The van der Waals surface area contributed by atoms with Crippen molar-refractivity contribution in [1.29, 1.82) is 0 Å². The molecule has 0 radical (unpaired) electrons. The van der Waals surface area contributed by atoms with E-state index in [1.165, 1.54) is 17.1 Å². The predicted octanol–water partition coefficient (Wildman–Crippen LogP) is 4.66. The molecule has 0 saturated carbocycles. The summed E-state index contributed by atoms with van der Waals surface area (Å²) in [5.41, 5.74) is 1.46. The maximum atomic E-state index is 14.1. The van der Waals surface area contributed by atoms with Crippen molar-refractivity contribution in [1.82, 2.24) is 29.0 Å². The number of unbranched alkanes of at least 4 members (excludes halogenated alkanes) is 3. The number of nitrogens with zero attached hydrogens (tertiary/aromatic N) is 5. The standard InChI is InChI=1S/C29H44N6O3S/c1-5-8-9-13-17-23(14-6-2)35-28-25(24(7-3)32-35)29(36)31-27(30-28)26(22-15-11-10-12-16-22)39(37,38)34-20-18-33(4)19-21-34/h10-12,15-16,23,26H,5-9,13-14,17-21H2,1-4H3,(H,30,31,36). The molecule has 2 unspecified atom stereocenters. The molecule has 1 aromatic carbocycles. The van der Waals surface area contributed by atoms with Crippen LogP contribution >= 0.6 is 0 Å². The van der Waals surface area contributed by atoms with Crippen molar-refractivity contribution in [2.24, 2.45) is 0 Å². The lowest BCUT2D eigenvalue weighted by Gasteiger charge is -2.34. The molecule has 0 spiro atoms. The molecule has 1 fully saturated rings. The van der Waals surface area contributed by atoms with Crippen LogP contribution in [0.4, 0.5) is 0 Å². The minimum atomic E-state index is -3.86. The third kappa shape index (κ3) is 6.44. The maximum Gasteiger partial charge on any atom is 0.262 e. The van der Waals surface area contributed by atoms with Crippen molar-refractivity contribution in [2.75, 3.05) is 33.2 Å². The van der Waals surface area contributed by atoms with Crippen LogP contribution in [0.1, 0.15) is 94.1 Å². The van der Waals surface area contributed by atoms with E-state index < -0.39 is 15.3 Å². The number of likely N-dealkylation sites (N-methyl/N-ethyl adjacent to an activating group) is 1. The number of sulfonamides is 1. The first kappa shape index (κ1) is 29.4. The van der Waals surface area contributed by atoms with Gasteiger partial charge in [0.2, 0.25) is 10.0 Å². The lowest BCUT2D eigenvalue weighted by molar-refractivity contribution is 0.221. The number of fused-ring (bicyclic) bond motifs is 1. The Morgan fingerprint density at radius 2 is 1.67 bits per heavy atom. The number of hydrogen-bond acceptors (Lipinski definition) is 6. The molecule has 3 heterocycles. The average Bonchev–Trinajstić information content (AvgIpc) is 3.30. The molecule has 1 saturated heterocycles. The monoisotopic (exact) mass is 556 g/mol. The summed E-state index contributed by atoms with van der Waals surface area (Å²) in [6.07, 6.45) is 8.09. The van der Waals surface area contributed by atoms with Crippen LogP contribution in [0, 0.1) is 0 Å². The molecule has 1 aliphatic rings. The van der Waals surface area contributed by atoms with Crippen LogP contribution in [-0.4, -0.2) is 70.6 Å². The van der Waals surface area contributed by atoms with Gasteiger partial charge in [0.15, 0.2) is 10.9 Å². The van der Waals surface area contributed by atoms with Gasteiger partial charge in [0, 0.05) is 26.2 Å². The summed E-state index contributed by atoms with van der Waals surface area (Å²) in [5, 5.41) is 4.25. The van der Waals surface area contributed by atoms with Gasteiger partial charge in [-0.3, -0.25) is 4.79 Å². The number of piperazine rings is 1. The third-order valence-electron chi connectivity index (χ3n) is 7.82. The van der Waals surface area contributed by atoms with E-state index in [0.29, 0.717) is 54.9 Å². The van der Waals surface area contributed by atoms with Crippen molar-refractivity contribution in [2.45, 2.75) is 83.4 Å². The van der Waals surface area contributed by atoms with E-state index in [0.717, 1.165) is 32.1 Å². The molecule has 10 heteroatoms. The Morgan fingerprint density at radius 1 is 0.949 bits per heavy atom. The highest BCUT2D eigenvalue weighted by atomic mass is 32.2. The Bertz CT molecular complexity index is 1380. The molecule has 4 rings (SSSR count). The second kappa shape index (κ2) is 13.2. The van der Waals surface area contributed by atoms with E-state index in [1.54, 1.807) is 12.1 Å². The van der Waals surface area contributed by atoms with E-state index >= 15 is 0 Å². The topological polar surface area (TPSA) is 104 Å². The number of aryl methyl sites for hydroxylation is 1. The Labute approximate surface area is 232 Å². The highest BCUT2D eigenvalue weighted by Gasteiger charge is 2.38. The number of hydrogen-bond donors (Lipinski definition) is 1. The second-order valence-electron chi connectivity index (χ2n) is 10.7. The second-order valence-corrected chi connectivity index (χ2v) is 12.7. The van der Waals surface area contributed by atoms with Crippen molar-refractivity contribution in [3.05, 3.63) is 57.8 Å². The van der Waals surface area contributed by atoms with E-state index in [2.05, 4.69) is 23.7 Å². The molecular formula is C29H44N6O3S. The molecule has 1 aliphatic heterocycles. The normalized spacial score (nSPS) is 17.0. The molecule has 0 bridgehead atoms. The summed E-state index contributed by atoms with van der Waals surface area (Å²) in [5.74, 6) is 0.155. The molecular weight excluding hydrogens is 512 g/mol. The van der Waals surface area contributed by atoms with Gasteiger partial charge < -0.3 is 9.88 Å². The smallest absolute Gasteiger partial charge is 0.262 e. The van der Waals surface area contributed by atoms with Crippen LogP contribution in [0.2, 0.25) is 0 Å². The summed E-state index contributed by atoms with van der Waals surface area (Å²) in [6, 6.07) is 9.22. The number of H-pyrrole nitrogens is 1. The summed E-state index contributed by atoms with van der Waals surface area (Å²) in [4.78, 5) is 23.5. The Hall–Kier alpha value is -2.56. The first-order chi connectivity index (χ1) is 18.8. The zero-order valence-electron chi connectivity index (χ0n) is 23.9. The predicted molar refractivity (Wildman–Crippen MR) is 157 cm³/mol. The first-order valence-corrected chi connectivity index (χ1v) is 16.1. The van der Waals surface area contributed by atoms with Crippen LogP contribution in [-0.2, 0) is 16.4 Å². The van der Waals surface area contributed by atoms with Crippen molar-refractivity contribution < 1.29 is 8.42 Å². The molecule has 9 nitrogen and oxygen atoms in total. The van der Waals surface area contributed by atoms with Crippen LogP contribution < -0.4 is 5.56 Å². The zero-order chi connectivity index (χ0) is 28.0. The minimum absolute atomic E-state index is 0.112. The summed E-state index contributed by atoms with van der Waals surface area (Å²) < 4.78 is 31.8. The van der Waals surface area contributed by atoms with Gasteiger partial charge in [-0.2, -0.15) is 9.40 Å². The molecule has 2 atom stereocenters.